The van der Waals surface area contributed by atoms with Crippen molar-refractivity contribution in [3.63, 3.8) is 0 Å². The summed E-state index contributed by atoms with van der Waals surface area (Å²) in [4.78, 5) is 8.47. The van der Waals surface area contributed by atoms with Gasteiger partial charge in [0.15, 0.2) is 5.89 Å². The first-order chi connectivity index (χ1) is 8.40. The van der Waals surface area contributed by atoms with Crippen LogP contribution in [0, 0.1) is 13.8 Å². The van der Waals surface area contributed by atoms with Crippen LogP contribution >= 0.6 is 11.3 Å². The van der Waals surface area contributed by atoms with Gasteiger partial charge in [-0.25, -0.2) is 9.97 Å². The minimum absolute atomic E-state index is 0.402. The van der Waals surface area contributed by atoms with Gasteiger partial charge in [-0.15, -0.1) is 11.3 Å². The predicted molar refractivity (Wildman–Crippen MR) is 76.3 cm³/mol. The average Bonchev–Trinajstić information content (AvgIpc) is 2.88. The maximum Gasteiger partial charge on any atom is 0.196 e. The van der Waals surface area contributed by atoms with Crippen LogP contribution < -0.4 is 0 Å². The van der Waals surface area contributed by atoms with Crippen LogP contribution in [0.15, 0.2) is 16.1 Å². The smallest absolute Gasteiger partial charge is 0.196 e. The summed E-state index contributed by atoms with van der Waals surface area (Å²) < 4.78 is 5.11. The number of aromatic nitrogens is 2. The number of hydrogen-bond acceptors (Lipinski definition) is 4. The van der Waals surface area contributed by atoms with E-state index < -0.39 is 0 Å². The summed E-state index contributed by atoms with van der Waals surface area (Å²) in [5.41, 5.74) is 2.10. The number of thiazole rings is 1. The molecule has 0 aromatic carbocycles. The maximum atomic E-state index is 5.11. The van der Waals surface area contributed by atoms with Crippen molar-refractivity contribution in [2.75, 3.05) is 0 Å². The molecule has 2 aromatic heterocycles. The SMILES string of the molecule is Cc1coc(C(C)C)n1.Cc1csc(C(C)C)n1. The lowest BCUT2D eigenvalue weighted by atomic mass is 10.2. The molecule has 100 valence electrons. The van der Waals surface area contributed by atoms with Gasteiger partial charge in [-0.2, -0.15) is 0 Å². The molecule has 2 aromatic rings. The fourth-order valence-electron chi connectivity index (χ4n) is 1.27. The molecule has 0 saturated heterocycles. The van der Waals surface area contributed by atoms with Crippen LogP contribution in [0.5, 0.6) is 0 Å². The molecule has 0 amide bonds. The molecular formula is C14H22N2OS. The molecule has 2 heterocycles. The molecule has 0 radical (unpaired) electrons. The van der Waals surface area contributed by atoms with E-state index in [4.69, 9.17) is 4.42 Å². The molecule has 0 fully saturated rings. The predicted octanol–water partition coefficient (Wildman–Crippen LogP) is 4.68. The normalized spacial score (nSPS) is 10.7. The van der Waals surface area contributed by atoms with Crippen molar-refractivity contribution >= 4 is 11.3 Å². The first kappa shape index (κ1) is 14.9. The van der Waals surface area contributed by atoms with E-state index in [-0.39, 0.29) is 0 Å². The highest BCUT2D eigenvalue weighted by molar-refractivity contribution is 7.09. The third-order valence-corrected chi connectivity index (χ3v) is 3.52. The summed E-state index contributed by atoms with van der Waals surface area (Å²) in [6.07, 6.45) is 1.68. The van der Waals surface area contributed by atoms with Gasteiger partial charge in [0.25, 0.3) is 0 Å². The lowest BCUT2D eigenvalue weighted by molar-refractivity contribution is 0.471. The van der Waals surface area contributed by atoms with Crippen molar-refractivity contribution in [2.45, 2.75) is 53.4 Å². The molecule has 4 heteroatoms. The summed E-state index contributed by atoms with van der Waals surface area (Å²) >= 11 is 1.75. The Balaban J connectivity index is 0.000000180. The Bertz CT molecular complexity index is 427. The molecule has 0 unspecified atom stereocenters. The van der Waals surface area contributed by atoms with Crippen LogP contribution in [0.2, 0.25) is 0 Å². The van der Waals surface area contributed by atoms with Gasteiger partial charge in [0.2, 0.25) is 0 Å². The Morgan fingerprint density at radius 3 is 1.89 bits per heavy atom. The van der Waals surface area contributed by atoms with Crippen molar-refractivity contribution in [3.8, 4) is 0 Å². The van der Waals surface area contributed by atoms with Crippen LogP contribution in [0.3, 0.4) is 0 Å². The molecule has 0 aliphatic heterocycles. The first-order valence-corrected chi connectivity index (χ1v) is 7.12. The lowest BCUT2D eigenvalue weighted by Gasteiger charge is -1.94. The second kappa shape index (κ2) is 6.69. The van der Waals surface area contributed by atoms with Gasteiger partial charge in [-0.05, 0) is 13.8 Å². The van der Waals surface area contributed by atoms with Crippen molar-refractivity contribution in [1.82, 2.24) is 9.97 Å². The topological polar surface area (TPSA) is 38.9 Å². The Morgan fingerprint density at radius 1 is 1.00 bits per heavy atom. The summed E-state index contributed by atoms with van der Waals surface area (Å²) in [6, 6.07) is 0. The van der Waals surface area contributed by atoms with E-state index in [0.717, 1.165) is 17.3 Å². The lowest BCUT2D eigenvalue weighted by Crippen LogP contribution is -1.85. The maximum absolute atomic E-state index is 5.11. The molecular weight excluding hydrogens is 244 g/mol. The van der Waals surface area contributed by atoms with Gasteiger partial charge >= 0.3 is 0 Å². The number of hydrogen-bond donors (Lipinski definition) is 0. The second-order valence-corrected chi connectivity index (χ2v) is 5.85. The Hall–Kier alpha value is -1.16. The Kier molecular flexibility index (Phi) is 5.54. The molecule has 0 aliphatic carbocycles. The fourth-order valence-corrected chi connectivity index (χ4v) is 2.09. The zero-order chi connectivity index (χ0) is 13.7. The van der Waals surface area contributed by atoms with Gasteiger partial charge < -0.3 is 4.42 Å². The molecule has 3 nitrogen and oxygen atoms in total. The molecule has 0 saturated carbocycles. The van der Waals surface area contributed by atoms with Crippen LogP contribution in [0.1, 0.15) is 61.8 Å². The average molecular weight is 266 g/mol. The van der Waals surface area contributed by atoms with Crippen molar-refractivity contribution in [3.05, 3.63) is 33.9 Å². The van der Waals surface area contributed by atoms with Gasteiger partial charge in [0.05, 0.1) is 10.7 Å². The summed E-state index contributed by atoms with van der Waals surface area (Å²) in [7, 11) is 0. The summed E-state index contributed by atoms with van der Waals surface area (Å²) in [5, 5.41) is 3.34. The van der Waals surface area contributed by atoms with E-state index >= 15 is 0 Å². The molecule has 18 heavy (non-hydrogen) atoms. The van der Waals surface area contributed by atoms with E-state index in [1.165, 1.54) is 5.01 Å². The van der Waals surface area contributed by atoms with Crippen LogP contribution in [-0.2, 0) is 0 Å². The minimum atomic E-state index is 0.402. The highest BCUT2D eigenvalue weighted by Crippen LogP contribution is 2.18. The Morgan fingerprint density at radius 2 is 1.67 bits per heavy atom. The molecule has 0 bridgehead atoms. The summed E-state index contributed by atoms with van der Waals surface area (Å²) in [6.45, 7) is 12.4. The molecule has 0 atom stereocenters. The molecule has 0 N–H and O–H groups in total. The first-order valence-electron chi connectivity index (χ1n) is 6.24. The second-order valence-electron chi connectivity index (χ2n) is 4.96. The fraction of sp³-hybridized carbons (Fsp3) is 0.571. The van der Waals surface area contributed by atoms with Gasteiger partial charge in [0, 0.05) is 22.9 Å². The summed E-state index contributed by atoms with van der Waals surface area (Å²) in [5.74, 6) is 1.81. The van der Waals surface area contributed by atoms with E-state index in [0.29, 0.717) is 11.8 Å². The van der Waals surface area contributed by atoms with E-state index in [2.05, 4.69) is 43.0 Å². The molecule has 0 spiro atoms. The van der Waals surface area contributed by atoms with Crippen LogP contribution in [-0.4, -0.2) is 9.97 Å². The van der Waals surface area contributed by atoms with Crippen LogP contribution in [0.4, 0.5) is 0 Å². The Labute approximate surface area is 113 Å². The number of aryl methyl sites for hydroxylation is 2. The van der Waals surface area contributed by atoms with Gasteiger partial charge in [-0.3, -0.25) is 0 Å². The van der Waals surface area contributed by atoms with Crippen LogP contribution in [0.25, 0.3) is 0 Å². The van der Waals surface area contributed by atoms with E-state index in [9.17, 15) is 0 Å². The zero-order valence-corrected chi connectivity index (χ0v) is 12.8. The van der Waals surface area contributed by atoms with Crippen molar-refractivity contribution in [2.24, 2.45) is 0 Å². The standard InChI is InChI=1S/C7H11NO.C7H11NS/c2*1-5(2)7-8-6(3)4-9-7/h2*4-5H,1-3H3. The van der Waals surface area contributed by atoms with Gasteiger partial charge in [-0.1, -0.05) is 27.7 Å². The highest BCUT2D eigenvalue weighted by Gasteiger charge is 2.03. The quantitative estimate of drug-likeness (QED) is 0.792. The molecule has 0 aliphatic rings. The third kappa shape index (κ3) is 4.61. The van der Waals surface area contributed by atoms with Crippen molar-refractivity contribution in [1.29, 1.82) is 0 Å². The van der Waals surface area contributed by atoms with E-state index in [1.807, 2.05) is 13.8 Å². The number of oxazole rings is 1. The number of nitrogens with zero attached hydrogens (tertiary/aromatic N) is 2. The highest BCUT2D eigenvalue weighted by atomic mass is 32.1. The van der Waals surface area contributed by atoms with Gasteiger partial charge in [0.1, 0.15) is 6.26 Å². The number of rotatable bonds is 2. The largest absolute Gasteiger partial charge is 0.448 e. The van der Waals surface area contributed by atoms with Crippen molar-refractivity contribution < 1.29 is 4.42 Å². The third-order valence-electron chi connectivity index (χ3n) is 2.26. The minimum Gasteiger partial charge on any atom is -0.448 e. The zero-order valence-electron chi connectivity index (χ0n) is 12.0. The molecule has 2 rings (SSSR count). The monoisotopic (exact) mass is 266 g/mol. The van der Waals surface area contributed by atoms with E-state index in [1.54, 1.807) is 17.6 Å².